The molecule has 0 aliphatic heterocycles. The largest absolute Gasteiger partial charge is 0.301 e. The van der Waals surface area contributed by atoms with E-state index in [4.69, 9.17) is 28.2 Å². The summed E-state index contributed by atoms with van der Waals surface area (Å²) < 4.78 is 0. The summed E-state index contributed by atoms with van der Waals surface area (Å²) in [6, 6.07) is 6.21. The van der Waals surface area contributed by atoms with Crippen molar-refractivity contribution in [1.29, 1.82) is 0 Å². The fraction of sp³-hybridized carbons (Fsp3) is 0.438. The molecule has 1 aromatic carbocycles. The maximum Gasteiger partial charge on any atom is 0.115 e. The predicted molar refractivity (Wildman–Crippen MR) is 90.7 cm³/mol. The van der Waals surface area contributed by atoms with Gasteiger partial charge in [0, 0.05) is 26.5 Å². The molecular formula is C16H18Cl2N2S. The van der Waals surface area contributed by atoms with Crippen LogP contribution in [0.25, 0.3) is 0 Å². The number of nitrogens with zero attached hydrogens (tertiary/aromatic N) is 1. The number of aromatic nitrogens is 1. The minimum Gasteiger partial charge on any atom is -0.301 e. The van der Waals surface area contributed by atoms with E-state index in [0.29, 0.717) is 16.1 Å². The first kappa shape index (κ1) is 15.3. The van der Waals surface area contributed by atoms with E-state index >= 15 is 0 Å². The Bertz CT molecular complexity index is 629. The normalized spacial score (nSPS) is 16.2. The summed E-state index contributed by atoms with van der Waals surface area (Å²) >= 11 is 14.6. The zero-order valence-corrected chi connectivity index (χ0v) is 14.4. The first-order chi connectivity index (χ1) is 10.1. The molecule has 0 radical (unpaired) electrons. The van der Waals surface area contributed by atoms with Gasteiger partial charge in [0.1, 0.15) is 5.01 Å². The molecule has 1 aliphatic rings. The lowest BCUT2D eigenvalue weighted by molar-refractivity contribution is 0.597. The molecule has 1 heterocycles. The Kier molecular flexibility index (Phi) is 4.55. The highest BCUT2D eigenvalue weighted by Crippen LogP contribution is 2.38. The molecule has 5 heteroatoms. The van der Waals surface area contributed by atoms with Gasteiger partial charge < -0.3 is 5.32 Å². The molecule has 2 aromatic rings. The molecule has 0 amide bonds. The lowest BCUT2D eigenvalue weighted by atomic mass is 10.1. The number of nitrogens with one attached hydrogen (secondary N) is 1. The van der Waals surface area contributed by atoms with Crippen LogP contribution in [-0.2, 0) is 6.42 Å². The van der Waals surface area contributed by atoms with Crippen LogP contribution in [-0.4, -0.2) is 11.0 Å². The van der Waals surface area contributed by atoms with Gasteiger partial charge in [0.05, 0.1) is 11.7 Å². The van der Waals surface area contributed by atoms with E-state index in [2.05, 4.69) is 19.2 Å². The number of halogens is 2. The number of hydrogen-bond donors (Lipinski definition) is 1. The molecule has 1 aliphatic carbocycles. The number of benzene rings is 1. The van der Waals surface area contributed by atoms with Gasteiger partial charge in [-0.25, -0.2) is 4.98 Å². The lowest BCUT2D eigenvalue weighted by Gasteiger charge is -2.19. The zero-order valence-electron chi connectivity index (χ0n) is 12.1. The van der Waals surface area contributed by atoms with E-state index in [0.717, 1.165) is 17.0 Å². The molecule has 1 saturated carbocycles. The van der Waals surface area contributed by atoms with Crippen molar-refractivity contribution < 1.29 is 0 Å². The number of thiazole rings is 1. The van der Waals surface area contributed by atoms with E-state index < -0.39 is 0 Å². The van der Waals surface area contributed by atoms with Crippen LogP contribution in [0.4, 0.5) is 0 Å². The minimum absolute atomic E-state index is 0.0114. The predicted octanol–water partition coefficient (Wildman–Crippen LogP) is 5.16. The summed E-state index contributed by atoms with van der Waals surface area (Å²) in [5.74, 6) is 0. The smallest absolute Gasteiger partial charge is 0.115 e. The van der Waals surface area contributed by atoms with E-state index in [1.807, 2.05) is 18.2 Å². The Morgan fingerprint density at radius 2 is 2.00 bits per heavy atom. The Hall–Kier alpha value is -0.610. The van der Waals surface area contributed by atoms with E-state index in [1.54, 1.807) is 11.3 Å². The topological polar surface area (TPSA) is 24.9 Å². The minimum atomic E-state index is -0.0114. The molecule has 1 aromatic heterocycles. The van der Waals surface area contributed by atoms with Gasteiger partial charge in [0.25, 0.3) is 0 Å². The molecule has 0 spiro atoms. The molecule has 2 nitrogen and oxygen atoms in total. The third-order valence-electron chi connectivity index (χ3n) is 3.76. The lowest BCUT2D eigenvalue weighted by Crippen LogP contribution is -2.25. The van der Waals surface area contributed by atoms with E-state index in [-0.39, 0.29) is 6.04 Å². The van der Waals surface area contributed by atoms with Crippen molar-refractivity contribution in [2.24, 2.45) is 0 Å². The standard InChI is InChI=1S/C16H18Cl2N2S/c1-3-13-9(2)21-16(20-13)15(19-10-7-8-10)14-11(17)5-4-6-12(14)18/h4-6,10,15,19H,3,7-8H2,1-2H3. The summed E-state index contributed by atoms with van der Waals surface area (Å²) in [4.78, 5) is 6.08. The second-order valence-corrected chi connectivity index (χ2v) is 7.47. The van der Waals surface area contributed by atoms with Gasteiger partial charge in [-0.15, -0.1) is 11.3 Å². The van der Waals surface area contributed by atoms with E-state index in [9.17, 15) is 0 Å². The van der Waals surface area contributed by atoms with Crippen LogP contribution in [0.1, 0.15) is 46.9 Å². The highest BCUT2D eigenvalue weighted by molar-refractivity contribution is 7.11. The van der Waals surface area contributed by atoms with Gasteiger partial charge in [-0.3, -0.25) is 0 Å². The molecule has 3 rings (SSSR count). The van der Waals surface area contributed by atoms with Crippen molar-refractivity contribution in [2.45, 2.75) is 45.2 Å². The van der Waals surface area contributed by atoms with Gasteiger partial charge in [-0.2, -0.15) is 0 Å². The van der Waals surface area contributed by atoms with Crippen molar-refractivity contribution in [2.75, 3.05) is 0 Å². The van der Waals surface area contributed by atoms with Gasteiger partial charge in [-0.1, -0.05) is 36.2 Å². The van der Waals surface area contributed by atoms with Crippen LogP contribution < -0.4 is 5.32 Å². The SMILES string of the molecule is CCc1nc(C(NC2CC2)c2c(Cl)cccc2Cl)sc1C. The zero-order chi connectivity index (χ0) is 15.0. The second kappa shape index (κ2) is 6.25. The first-order valence-corrected chi connectivity index (χ1v) is 8.83. The van der Waals surface area contributed by atoms with Crippen molar-refractivity contribution in [3.63, 3.8) is 0 Å². The third-order valence-corrected chi connectivity index (χ3v) is 5.50. The number of hydrogen-bond acceptors (Lipinski definition) is 3. The molecule has 0 bridgehead atoms. The van der Waals surface area contributed by atoms with Gasteiger partial charge in [0.2, 0.25) is 0 Å². The monoisotopic (exact) mass is 340 g/mol. The molecule has 1 atom stereocenters. The summed E-state index contributed by atoms with van der Waals surface area (Å²) in [5.41, 5.74) is 2.12. The fourth-order valence-corrected chi connectivity index (χ4v) is 4.15. The van der Waals surface area contributed by atoms with Crippen molar-refractivity contribution in [3.8, 4) is 0 Å². The third kappa shape index (κ3) is 3.26. The molecule has 21 heavy (non-hydrogen) atoms. The number of aryl methyl sites for hydroxylation is 2. The van der Waals surface area contributed by atoms with Crippen molar-refractivity contribution in [1.82, 2.24) is 10.3 Å². The highest BCUT2D eigenvalue weighted by Gasteiger charge is 2.30. The van der Waals surface area contributed by atoms with Crippen molar-refractivity contribution >= 4 is 34.5 Å². The van der Waals surface area contributed by atoms with Gasteiger partial charge in [-0.05, 0) is 38.3 Å². The summed E-state index contributed by atoms with van der Waals surface area (Å²) in [5, 5.41) is 6.11. The second-order valence-electron chi connectivity index (χ2n) is 5.42. The van der Waals surface area contributed by atoms with Crippen molar-refractivity contribution in [3.05, 3.63) is 49.4 Å². The van der Waals surface area contributed by atoms with E-state index in [1.165, 1.54) is 23.4 Å². The van der Waals surface area contributed by atoms with Crippen LogP contribution in [0.3, 0.4) is 0 Å². The summed E-state index contributed by atoms with van der Waals surface area (Å²) in [6.07, 6.45) is 3.38. The Morgan fingerprint density at radius 1 is 1.33 bits per heavy atom. The summed E-state index contributed by atoms with van der Waals surface area (Å²) in [6.45, 7) is 4.26. The average molecular weight is 341 g/mol. The maximum atomic E-state index is 6.41. The molecule has 112 valence electrons. The highest BCUT2D eigenvalue weighted by atomic mass is 35.5. The molecule has 0 saturated heterocycles. The average Bonchev–Trinajstić information content (AvgIpc) is 3.18. The molecule has 1 fully saturated rings. The molecule has 1 unspecified atom stereocenters. The molecular weight excluding hydrogens is 323 g/mol. The maximum absolute atomic E-state index is 6.41. The number of rotatable bonds is 5. The fourth-order valence-electron chi connectivity index (χ4n) is 2.45. The first-order valence-electron chi connectivity index (χ1n) is 7.26. The van der Waals surface area contributed by atoms with Crippen LogP contribution in [0.5, 0.6) is 0 Å². The Labute approximate surface area is 139 Å². The van der Waals surface area contributed by atoms with Crippen LogP contribution in [0.15, 0.2) is 18.2 Å². The van der Waals surface area contributed by atoms with Gasteiger partial charge in [0.15, 0.2) is 0 Å². The van der Waals surface area contributed by atoms with Crippen LogP contribution in [0.2, 0.25) is 10.0 Å². The Morgan fingerprint density at radius 3 is 2.52 bits per heavy atom. The summed E-state index contributed by atoms with van der Waals surface area (Å²) in [7, 11) is 0. The van der Waals surface area contributed by atoms with Gasteiger partial charge >= 0.3 is 0 Å². The van der Waals surface area contributed by atoms with Crippen LogP contribution >= 0.6 is 34.5 Å². The molecule has 1 N–H and O–H groups in total. The van der Waals surface area contributed by atoms with Crippen LogP contribution in [0, 0.1) is 6.92 Å². The quantitative estimate of drug-likeness (QED) is 0.812. The Balaban J connectivity index is 2.04.